The Bertz CT molecular complexity index is 758. The number of nitrogens with zero attached hydrogens (tertiary/aromatic N) is 2. The lowest BCUT2D eigenvalue weighted by molar-refractivity contribution is -0.142. The summed E-state index contributed by atoms with van der Waals surface area (Å²) in [5.74, 6) is -1.68. The number of hydrogen-bond donors (Lipinski definition) is 1. The normalized spacial score (nSPS) is 20.7. The third-order valence-electron chi connectivity index (χ3n) is 4.17. The van der Waals surface area contributed by atoms with Gasteiger partial charge < -0.3 is 14.5 Å². The first-order chi connectivity index (χ1) is 11.0. The molecule has 1 aromatic carbocycles. The van der Waals surface area contributed by atoms with Crippen LogP contribution < -0.4 is 0 Å². The van der Waals surface area contributed by atoms with Gasteiger partial charge in [0, 0.05) is 29.2 Å². The van der Waals surface area contributed by atoms with Gasteiger partial charge in [0.2, 0.25) is 5.76 Å². The van der Waals surface area contributed by atoms with Crippen molar-refractivity contribution in [1.82, 2.24) is 10.1 Å². The molecule has 0 bridgehead atoms. The molecule has 1 aliphatic heterocycles. The second-order valence-corrected chi connectivity index (χ2v) is 6.00. The van der Waals surface area contributed by atoms with Crippen molar-refractivity contribution in [3.05, 3.63) is 41.1 Å². The number of carboxylic acid groups (broad SMARTS) is 1. The number of aromatic nitrogens is 1. The van der Waals surface area contributed by atoms with Gasteiger partial charge in [-0.2, -0.15) is 0 Å². The van der Waals surface area contributed by atoms with Gasteiger partial charge in [0.15, 0.2) is 0 Å². The zero-order valence-corrected chi connectivity index (χ0v) is 13.2. The van der Waals surface area contributed by atoms with E-state index >= 15 is 0 Å². The third kappa shape index (κ3) is 2.94. The molecule has 120 valence electrons. The Morgan fingerprint density at radius 3 is 2.83 bits per heavy atom. The molecule has 0 radical (unpaired) electrons. The van der Waals surface area contributed by atoms with Crippen LogP contribution in [-0.4, -0.2) is 39.6 Å². The van der Waals surface area contributed by atoms with Crippen molar-refractivity contribution in [3.63, 3.8) is 0 Å². The fraction of sp³-hybridized carbons (Fsp3) is 0.312. The summed E-state index contributed by atoms with van der Waals surface area (Å²) in [6.07, 6.45) is 0.442. The lowest BCUT2D eigenvalue weighted by Gasteiger charge is -2.21. The molecular formula is C16H15ClN2O4. The number of carboxylic acids is 1. The zero-order chi connectivity index (χ0) is 16.6. The van der Waals surface area contributed by atoms with Crippen LogP contribution in [0.2, 0.25) is 5.02 Å². The smallest absolute Gasteiger partial charge is 0.308 e. The molecule has 6 nitrogen and oxygen atoms in total. The summed E-state index contributed by atoms with van der Waals surface area (Å²) >= 11 is 5.94. The van der Waals surface area contributed by atoms with Crippen molar-refractivity contribution >= 4 is 23.5 Å². The first kappa shape index (κ1) is 15.6. The van der Waals surface area contributed by atoms with Gasteiger partial charge in [-0.25, -0.2) is 0 Å². The van der Waals surface area contributed by atoms with Crippen LogP contribution in [0.5, 0.6) is 0 Å². The summed E-state index contributed by atoms with van der Waals surface area (Å²) in [6, 6.07) is 8.25. The van der Waals surface area contributed by atoms with E-state index in [1.807, 2.05) is 6.07 Å². The minimum atomic E-state index is -0.884. The molecule has 2 unspecified atom stereocenters. The Morgan fingerprint density at radius 1 is 1.39 bits per heavy atom. The number of halogens is 1. The molecule has 1 N–H and O–H groups in total. The van der Waals surface area contributed by atoms with Crippen LogP contribution in [0.15, 0.2) is 34.9 Å². The molecule has 0 aliphatic carbocycles. The monoisotopic (exact) mass is 334 g/mol. The summed E-state index contributed by atoms with van der Waals surface area (Å²) in [7, 11) is 0. The van der Waals surface area contributed by atoms with Gasteiger partial charge >= 0.3 is 5.97 Å². The van der Waals surface area contributed by atoms with E-state index in [0.29, 0.717) is 23.7 Å². The van der Waals surface area contributed by atoms with Crippen molar-refractivity contribution in [2.75, 3.05) is 6.54 Å². The number of carbonyl (C=O) groups is 2. The molecule has 0 spiro atoms. The second kappa shape index (κ2) is 6.04. The second-order valence-electron chi connectivity index (χ2n) is 5.56. The van der Waals surface area contributed by atoms with Gasteiger partial charge in [0.05, 0.1) is 5.92 Å². The number of benzene rings is 1. The van der Waals surface area contributed by atoms with Crippen molar-refractivity contribution in [3.8, 4) is 11.3 Å². The molecule has 2 heterocycles. The van der Waals surface area contributed by atoms with Crippen LogP contribution >= 0.6 is 11.6 Å². The number of likely N-dealkylation sites (tertiary alicyclic amines) is 1. The molecule has 2 atom stereocenters. The molecule has 1 saturated heterocycles. The molecule has 7 heteroatoms. The van der Waals surface area contributed by atoms with Crippen LogP contribution in [0.1, 0.15) is 23.9 Å². The zero-order valence-electron chi connectivity index (χ0n) is 12.4. The third-order valence-corrected chi connectivity index (χ3v) is 4.41. The lowest BCUT2D eigenvalue weighted by atomic mass is 10.0. The highest BCUT2D eigenvalue weighted by molar-refractivity contribution is 6.30. The minimum absolute atomic E-state index is 0.0952. The highest BCUT2D eigenvalue weighted by Gasteiger charge is 2.39. The SMILES string of the molecule is CC1C(C(=O)O)CCN1C(=O)c1cc(-c2cccc(Cl)c2)no1. The maximum atomic E-state index is 12.5. The molecule has 3 rings (SSSR count). The Kier molecular flexibility index (Phi) is 4.09. The van der Waals surface area contributed by atoms with Crippen LogP contribution in [0.3, 0.4) is 0 Å². The fourth-order valence-corrected chi connectivity index (χ4v) is 3.05. The van der Waals surface area contributed by atoms with Gasteiger partial charge in [-0.05, 0) is 25.5 Å². The van der Waals surface area contributed by atoms with E-state index < -0.39 is 11.9 Å². The van der Waals surface area contributed by atoms with Crippen LogP contribution in [0.4, 0.5) is 0 Å². The van der Waals surface area contributed by atoms with Gasteiger partial charge in [-0.15, -0.1) is 0 Å². The summed E-state index contributed by atoms with van der Waals surface area (Å²) in [5, 5.41) is 13.6. The van der Waals surface area contributed by atoms with E-state index in [-0.39, 0.29) is 17.7 Å². The molecule has 1 aliphatic rings. The van der Waals surface area contributed by atoms with Gasteiger partial charge in [0.1, 0.15) is 5.69 Å². The predicted octanol–water partition coefficient (Wildman–Crippen LogP) is 2.93. The Balaban J connectivity index is 1.81. The van der Waals surface area contributed by atoms with Crippen molar-refractivity contribution < 1.29 is 19.2 Å². The average molecular weight is 335 g/mol. The van der Waals surface area contributed by atoms with Crippen LogP contribution in [0, 0.1) is 5.92 Å². The molecule has 1 amide bonds. The van der Waals surface area contributed by atoms with E-state index in [1.54, 1.807) is 31.2 Å². The molecule has 2 aromatic rings. The maximum Gasteiger partial charge on any atom is 0.308 e. The van der Waals surface area contributed by atoms with Crippen molar-refractivity contribution in [2.45, 2.75) is 19.4 Å². The Hall–Kier alpha value is -2.34. The first-order valence-corrected chi connectivity index (χ1v) is 7.61. The highest BCUT2D eigenvalue weighted by atomic mass is 35.5. The van der Waals surface area contributed by atoms with E-state index in [4.69, 9.17) is 21.2 Å². The van der Waals surface area contributed by atoms with Crippen molar-refractivity contribution in [1.29, 1.82) is 0 Å². The van der Waals surface area contributed by atoms with E-state index in [0.717, 1.165) is 5.56 Å². The number of amides is 1. The summed E-state index contributed by atoms with van der Waals surface area (Å²) in [5.41, 5.74) is 1.26. The van der Waals surface area contributed by atoms with Crippen LogP contribution in [-0.2, 0) is 4.79 Å². The van der Waals surface area contributed by atoms with Gasteiger partial charge in [-0.3, -0.25) is 9.59 Å². The lowest BCUT2D eigenvalue weighted by Crippen LogP contribution is -2.37. The molecule has 0 saturated carbocycles. The fourth-order valence-electron chi connectivity index (χ4n) is 2.86. The minimum Gasteiger partial charge on any atom is -0.481 e. The predicted molar refractivity (Wildman–Crippen MR) is 83.2 cm³/mol. The van der Waals surface area contributed by atoms with Crippen LogP contribution in [0.25, 0.3) is 11.3 Å². The van der Waals surface area contributed by atoms with E-state index in [1.165, 1.54) is 4.90 Å². The number of carbonyl (C=O) groups excluding carboxylic acids is 1. The average Bonchev–Trinajstić information content (AvgIpc) is 3.13. The molecule has 1 aromatic heterocycles. The Morgan fingerprint density at radius 2 is 2.17 bits per heavy atom. The maximum absolute atomic E-state index is 12.5. The standard InChI is InChI=1S/C16H15ClN2O4/c1-9-12(16(21)22)5-6-19(9)15(20)14-8-13(18-23-14)10-3-2-4-11(17)7-10/h2-4,7-9,12H,5-6H2,1H3,(H,21,22). The topological polar surface area (TPSA) is 83.6 Å². The highest BCUT2D eigenvalue weighted by Crippen LogP contribution is 2.28. The van der Waals surface area contributed by atoms with E-state index in [2.05, 4.69) is 5.16 Å². The molecule has 23 heavy (non-hydrogen) atoms. The Labute approximate surface area is 137 Å². The number of aliphatic carboxylic acids is 1. The summed E-state index contributed by atoms with van der Waals surface area (Å²) in [6.45, 7) is 2.13. The molecular weight excluding hydrogens is 320 g/mol. The van der Waals surface area contributed by atoms with E-state index in [9.17, 15) is 9.59 Å². The summed E-state index contributed by atoms with van der Waals surface area (Å²) < 4.78 is 5.15. The largest absolute Gasteiger partial charge is 0.481 e. The quantitative estimate of drug-likeness (QED) is 0.933. The number of hydrogen-bond acceptors (Lipinski definition) is 4. The van der Waals surface area contributed by atoms with Gasteiger partial charge in [-0.1, -0.05) is 28.9 Å². The molecule has 1 fully saturated rings. The first-order valence-electron chi connectivity index (χ1n) is 7.24. The van der Waals surface area contributed by atoms with Gasteiger partial charge in [0.25, 0.3) is 5.91 Å². The number of rotatable bonds is 3. The van der Waals surface area contributed by atoms with Crippen molar-refractivity contribution in [2.24, 2.45) is 5.92 Å². The summed E-state index contributed by atoms with van der Waals surface area (Å²) in [4.78, 5) is 25.2.